The smallest absolute Gasteiger partial charge is 0.191 e. The minimum Gasteiger partial charge on any atom is -0.355 e. The molecule has 100 valence electrons. The summed E-state index contributed by atoms with van der Waals surface area (Å²) >= 11 is 0. The van der Waals surface area contributed by atoms with E-state index in [2.05, 4.69) is 32.8 Å². The van der Waals surface area contributed by atoms with E-state index in [4.69, 9.17) is 0 Å². The first-order chi connectivity index (χ1) is 8.38. The molecular formula is C12H20IN5. The van der Waals surface area contributed by atoms with E-state index in [-0.39, 0.29) is 24.0 Å². The Morgan fingerprint density at radius 1 is 1.44 bits per heavy atom. The molecule has 1 aliphatic carbocycles. The molecule has 5 nitrogen and oxygen atoms in total. The Kier molecular flexibility index (Phi) is 6.77. The number of rotatable bonds is 4. The third-order valence-corrected chi connectivity index (χ3v) is 2.79. The number of imidazole rings is 1. The maximum atomic E-state index is 4.21. The standard InChI is InChI=1S/C12H19N5.HI/c1-13-12(16-11-4-2-3-5-11)15-7-9-17-8-6-14-10-17;/h2-3,6,8,10-11H,4-5,7,9H2,1H3,(H2,13,15,16);1H. The van der Waals surface area contributed by atoms with Gasteiger partial charge in [0, 0.05) is 38.6 Å². The SMILES string of the molecule is CN=C(NCCn1ccnc1)NC1CC=CC1.I. The minimum absolute atomic E-state index is 0. The van der Waals surface area contributed by atoms with Crippen LogP contribution in [0.5, 0.6) is 0 Å². The van der Waals surface area contributed by atoms with Gasteiger partial charge in [0.05, 0.1) is 6.33 Å². The average molecular weight is 361 g/mol. The summed E-state index contributed by atoms with van der Waals surface area (Å²) in [5, 5.41) is 6.69. The zero-order valence-electron chi connectivity index (χ0n) is 10.5. The van der Waals surface area contributed by atoms with Gasteiger partial charge in [-0.05, 0) is 12.8 Å². The van der Waals surface area contributed by atoms with E-state index in [0.29, 0.717) is 6.04 Å². The van der Waals surface area contributed by atoms with Crippen LogP contribution in [0.25, 0.3) is 0 Å². The van der Waals surface area contributed by atoms with E-state index in [0.717, 1.165) is 31.9 Å². The van der Waals surface area contributed by atoms with Crippen molar-refractivity contribution in [3.05, 3.63) is 30.9 Å². The maximum Gasteiger partial charge on any atom is 0.191 e. The van der Waals surface area contributed by atoms with Crippen molar-refractivity contribution >= 4 is 29.9 Å². The summed E-state index contributed by atoms with van der Waals surface area (Å²) in [5.74, 6) is 0.874. The van der Waals surface area contributed by atoms with Crippen LogP contribution in [0, 0.1) is 0 Å². The molecule has 0 unspecified atom stereocenters. The van der Waals surface area contributed by atoms with Crippen LogP contribution in [-0.2, 0) is 6.54 Å². The molecule has 6 heteroatoms. The molecule has 1 aromatic rings. The summed E-state index contributed by atoms with van der Waals surface area (Å²) in [4.78, 5) is 8.22. The van der Waals surface area contributed by atoms with Crippen LogP contribution < -0.4 is 10.6 Å². The van der Waals surface area contributed by atoms with Crippen LogP contribution in [0.2, 0.25) is 0 Å². The molecule has 0 aliphatic heterocycles. The van der Waals surface area contributed by atoms with Gasteiger partial charge < -0.3 is 15.2 Å². The fourth-order valence-electron chi connectivity index (χ4n) is 1.85. The molecule has 2 N–H and O–H groups in total. The van der Waals surface area contributed by atoms with Crippen molar-refractivity contribution in [2.45, 2.75) is 25.4 Å². The Morgan fingerprint density at radius 2 is 2.22 bits per heavy atom. The number of nitrogens with one attached hydrogen (secondary N) is 2. The minimum atomic E-state index is 0. The zero-order valence-corrected chi connectivity index (χ0v) is 12.9. The van der Waals surface area contributed by atoms with Crippen molar-refractivity contribution in [2.24, 2.45) is 4.99 Å². The van der Waals surface area contributed by atoms with Crippen LogP contribution in [0.3, 0.4) is 0 Å². The number of aromatic nitrogens is 2. The highest BCUT2D eigenvalue weighted by Crippen LogP contribution is 2.08. The quantitative estimate of drug-likeness (QED) is 0.369. The summed E-state index contributed by atoms with van der Waals surface area (Å²) in [6.07, 6.45) is 12.1. The molecule has 18 heavy (non-hydrogen) atoms. The first-order valence-corrected chi connectivity index (χ1v) is 5.96. The average Bonchev–Trinajstić information content (AvgIpc) is 3.00. The number of guanidine groups is 1. The van der Waals surface area contributed by atoms with E-state index in [9.17, 15) is 0 Å². The number of aliphatic imine (C=N–C) groups is 1. The largest absolute Gasteiger partial charge is 0.355 e. The molecule has 0 spiro atoms. The molecule has 0 atom stereocenters. The summed E-state index contributed by atoms with van der Waals surface area (Å²) < 4.78 is 2.04. The normalized spacial score (nSPS) is 15.5. The van der Waals surface area contributed by atoms with Gasteiger partial charge in [-0.2, -0.15) is 0 Å². The predicted molar refractivity (Wildman–Crippen MR) is 84.3 cm³/mol. The van der Waals surface area contributed by atoms with E-state index >= 15 is 0 Å². The molecular weight excluding hydrogens is 341 g/mol. The molecule has 0 radical (unpaired) electrons. The fraction of sp³-hybridized carbons (Fsp3) is 0.500. The third-order valence-electron chi connectivity index (χ3n) is 2.79. The Morgan fingerprint density at radius 3 is 2.83 bits per heavy atom. The Hall–Kier alpha value is -1.05. The number of hydrogen-bond acceptors (Lipinski definition) is 2. The van der Waals surface area contributed by atoms with Crippen molar-refractivity contribution in [1.82, 2.24) is 20.2 Å². The molecule has 0 amide bonds. The molecule has 0 fully saturated rings. The van der Waals surface area contributed by atoms with E-state index in [1.54, 1.807) is 13.2 Å². The second-order valence-corrected chi connectivity index (χ2v) is 4.08. The Balaban J connectivity index is 0.00000162. The summed E-state index contributed by atoms with van der Waals surface area (Å²) in [6.45, 7) is 1.74. The van der Waals surface area contributed by atoms with Crippen LogP contribution in [-0.4, -0.2) is 35.1 Å². The molecule has 1 heterocycles. The first kappa shape index (κ1) is 15.0. The van der Waals surface area contributed by atoms with Crippen LogP contribution in [0.1, 0.15) is 12.8 Å². The Bertz CT molecular complexity index is 377. The van der Waals surface area contributed by atoms with Crippen molar-refractivity contribution in [1.29, 1.82) is 0 Å². The fourth-order valence-corrected chi connectivity index (χ4v) is 1.85. The highest BCUT2D eigenvalue weighted by Gasteiger charge is 2.10. The molecule has 0 bridgehead atoms. The van der Waals surface area contributed by atoms with Gasteiger partial charge >= 0.3 is 0 Å². The van der Waals surface area contributed by atoms with Gasteiger partial charge in [-0.1, -0.05) is 12.2 Å². The van der Waals surface area contributed by atoms with Gasteiger partial charge in [-0.3, -0.25) is 4.99 Å². The molecule has 1 aromatic heterocycles. The van der Waals surface area contributed by atoms with Gasteiger partial charge in [-0.25, -0.2) is 4.98 Å². The van der Waals surface area contributed by atoms with E-state index in [1.165, 1.54) is 0 Å². The Labute approximate surface area is 125 Å². The van der Waals surface area contributed by atoms with Gasteiger partial charge in [0.2, 0.25) is 0 Å². The summed E-state index contributed by atoms with van der Waals surface area (Å²) in [6, 6.07) is 0.495. The first-order valence-electron chi connectivity index (χ1n) is 5.96. The van der Waals surface area contributed by atoms with Gasteiger partial charge in [-0.15, -0.1) is 24.0 Å². The maximum absolute atomic E-state index is 4.21. The van der Waals surface area contributed by atoms with Gasteiger partial charge in [0.15, 0.2) is 5.96 Å². The third kappa shape index (κ3) is 4.67. The lowest BCUT2D eigenvalue weighted by Crippen LogP contribution is -2.43. The van der Waals surface area contributed by atoms with Gasteiger partial charge in [0.1, 0.15) is 0 Å². The topological polar surface area (TPSA) is 54.2 Å². The van der Waals surface area contributed by atoms with Crippen molar-refractivity contribution in [3.8, 4) is 0 Å². The van der Waals surface area contributed by atoms with Gasteiger partial charge in [0.25, 0.3) is 0 Å². The van der Waals surface area contributed by atoms with E-state index in [1.807, 2.05) is 17.1 Å². The van der Waals surface area contributed by atoms with Crippen molar-refractivity contribution in [2.75, 3.05) is 13.6 Å². The lowest BCUT2D eigenvalue weighted by atomic mass is 10.2. The highest BCUT2D eigenvalue weighted by molar-refractivity contribution is 14.0. The molecule has 0 saturated heterocycles. The second kappa shape index (κ2) is 8.12. The molecule has 1 aliphatic rings. The second-order valence-electron chi connectivity index (χ2n) is 4.08. The van der Waals surface area contributed by atoms with Crippen molar-refractivity contribution in [3.63, 3.8) is 0 Å². The highest BCUT2D eigenvalue weighted by atomic mass is 127. The number of nitrogens with zero attached hydrogens (tertiary/aromatic N) is 3. The lowest BCUT2D eigenvalue weighted by Gasteiger charge is -2.16. The number of halogens is 1. The summed E-state index contributed by atoms with van der Waals surface area (Å²) in [5.41, 5.74) is 0. The predicted octanol–water partition coefficient (Wildman–Crippen LogP) is 1.38. The van der Waals surface area contributed by atoms with Crippen LogP contribution in [0.15, 0.2) is 35.9 Å². The monoisotopic (exact) mass is 361 g/mol. The molecule has 2 rings (SSSR count). The molecule has 0 aromatic carbocycles. The number of hydrogen-bond donors (Lipinski definition) is 2. The summed E-state index contributed by atoms with van der Waals surface area (Å²) in [7, 11) is 1.80. The molecule has 0 saturated carbocycles. The van der Waals surface area contributed by atoms with Crippen molar-refractivity contribution < 1.29 is 0 Å². The lowest BCUT2D eigenvalue weighted by molar-refractivity contribution is 0.615. The van der Waals surface area contributed by atoms with E-state index < -0.39 is 0 Å². The van der Waals surface area contributed by atoms with Crippen LogP contribution >= 0.6 is 24.0 Å². The van der Waals surface area contributed by atoms with Crippen LogP contribution in [0.4, 0.5) is 0 Å². The zero-order chi connectivity index (χ0) is 11.9.